The second-order valence-electron chi connectivity index (χ2n) is 3.72. The number of aromatic nitrogens is 1. The number of benzene rings is 1. The van der Waals surface area contributed by atoms with Gasteiger partial charge < -0.3 is 10.3 Å². The normalized spacial score (nSPS) is 13.2. The quantitative estimate of drug-likeness (QED) is 0.789. The molecule has 0 bridgehead atoms. The maximum atomic E-state index is 13.4. The third kappa shape index (κ3) is 2.18. The number of H-pyrrole nitrogens is 1. The summed E-state index contributed by atoms with van der Waals surface area (Å²) < 4.78 is 13.4. The first kappa shape index (κ1) is 10.2. The van der Waals surface area contributed by atoms with Gasteiger partial charge in [0.15, 0.2) is 0 Å². The number of alkyl halides is 1. The minimum atomic E-state index is -0.825. The first-order chi connectivity index (χ1) is 7.31. The Morgan fingerprint density at radius 1 is 1.40 bits per heavy atom. The lowest BCUT2D eigenvalue weighted by atomic mass is 10.1. The van der Waals surface area contributed by atoms with Crippen molar-refractivity contribution in [3.05, 3.63) is 36.0 Å². The Morgan fingerprint density at radius 3 is 3.00 bits per heavy atom. The molecule has 1 aromatic heterocycles. The van der Waals surface area contributed by atoms with Crippen molar-refractivity contribution in [3.63, 3.8) is 0 Å². The smallest absolute Gasteiger partial charge is 0.117 e. The van der Waals surface area contributed by atoms with E-state index in [1.807, 2.05) is 30.5 Å². The van der Waals surface area contributed by atoms with Crippen LogP contribution in [0, 0.1) is 0 Å². The minimum Gasteiger partial charge on any atom is -0.361 e. The Bertz CT molecular complexity index is 436. The second kappa shape index (κ2) is 4.45. The molecule has 0 saturated carbocycles. The Hall–Kier alpha value is -1.35. The number of halogens is 1. The molecular weight excluding hydrogens is 191 g/mol. The van der Waals surface area contributed by atoms with Gasteiger partial charge in [0, 0.05) is 30.1 Å². The van der Waals surface area contributed by atoms with Crippen LogP contribution in [0.2, 0.25) is 0 Å². The van der Waals surface area contributed by atoms with Crippen molar-refractivity contribution in [3.8, 4) is 0 Å². The molecule has 2 aromatic rings. The van der Waals surface area contributed by atoms with Gasteiger partial charge >= 0.3 is 0 Å². The molecule has 1 atom stereocenters. The lowest BCUT2D eigenvalue weighted by molar-refractivity contribution is 0.325. The average Bonchev–Trinajstić information content (AvgIpc) is 2.62. The van der Waals surface area contributed by atoms with E-state index >= 15 is 0 Å². The number of aromatic amines is 1. The van der Waals surface area contributed by atoms with E-state index in [0.717, 1.165) is 16.5 Å². The summed E-state index contributed by atoms with van der Waals surface area (Å²) in [5.41, 5.74) is 2.12. The van der Waals surface area contributed by atoms with E-state index in [1.165, 1.54) is 0 Å². The molecule has 1 unspecified atom stereocenters. The van der Waals surface area contributed by atoms with Gasteiger partial charge in [-0.25, -0.2) is 4.39 Å². The third-order valence-corrected chi connectivity index (χ3v) is 2.54. The van der Waals surface area contributed by atoms with Crippen molar-refractivity contribution in [1.29, 1.82) is 0 Å². The predicted octanol–water partition coefficient (Wildman–Crippen LogP) is 2.27. The van der Waals surface area contributed by atoms with E-state index < -0.39 is 6.17 Å². The van der Waals surface area contributed by atoms with Crippen LogP contribution >= 0.6 is 0 Å². The number of fused-ring (bicyclic) bond motifs is 1. The Labute approximate surface area is 88.5 Å². The fourth-order valence-corrected chi connectivity index (χ4v) is 1.83. The molecule has 2 N–H and O–H groups in total. The van der Waals surface area contributed by atoms with Gasteiger partial charge in [0.2, 0.25) is 0 Å². The maximum absolute atomic E-state index is 13.4. The summed E-state index contributed by atoms with van der Waals surface area (Å²) in [6.07, 6.45) is 1.53. The van der Waals surface area contributed by atoms with Crippen LogP contribution in [0.25, 0.3) is 10.9 Å². The van der Waals surface area contributed by atoms with Gasteiger partial charge in [-0.05, 0) is 18.7 Å². The topological polar surface area (TPSA) is 27.8 Å². The SMILES string of the molecule is CNCC(F)Cc1c[nH]c2ccccc12. The van der Waals surface area contributed by atoms with Crippen molar-refractivity contribution in [2.45, 2.75) is 12.6 Å². The number of para-hydroxylation sites is 1. The Morgan fingerprint density at radius 2 is 2.20 bits per heavy atom. The summed E-state index contributed by atoms with van der Waals surface area (Å²) in [5.74, 6) is 0. The van der Waals surface area contributed by atoms with E-state index in [-0.39, 0.29) is 0 Å². The molecule has 0 amide bonds. The van der Waals surface area contributed by atoms with Crippen molar-refractivity contribution < 1.29 is 4.39 Å². The fraction of sp³-hybridized carbons (Fsp3) is 0.333. The summed E-state index contributed by atoms with van der Waals surface area (Å²) in [5, 5.41) is 3.96. The van der Waals surface area contributed by atoms with Crippen LogP contribution in [-0.2, 0) is 6.42 Å². The third-order valence-electron chi connectivity index (χ3n) is 2.54. The summed E-state index contributed by atoms with van der Waals surface area (Å²) in [4.78, 5) is 3.15. The zero-order valence-corrected chi connectivity index (χ0v) is 8.76. The van der Waals surface area contributed by atoms with Crippen LogP contribution in [-0.4, -0.2) is 24.7 Å². The Kier molecular flexibility index (Phi) is 3.02. The van der Waals surface area contributed by atoms with Crippen LogP contribution < -0.4 is 5.32 Å². The molecule has 80 valence electrons. The van der Waals surface area contributed by atoms with Crippen LogP contribution in [0.15, 0.2) is 30.5 Å². The molecule has 0 saturated heterocycles. The highest BCUT2D eigenvalue weighted by Gasteiger charge is 2.09. The van der Waals surface area contributed by atoms with Crippen LogP contribution in [0.3, 0.4) is 0 Å². The average molecular weight is 206 g/mol. The standard InChI is InChI=1S/C12H15FN2/c1-14-8-10(13)6-9-7-15-12-5-3-2-4-11(9)12/h2-5,7,10,14-15H,6,8H2,1H3. The monoisotopic (exact) mass is 206 g/mol. The predicted molar refractivity (Wildman–Crippen MR) is 60.8 cm³/mol. The van der Waals surface area contributed by atoms with Crippen LogP contribution in [0.4, 0.5) is 4.39 Å². The lowest BCUT2D eigenvalue weighted by Crippen LogP contribution is -2.21. The van der Waals surface area contributed by atoms with Gasteiger partial charge in [0.25, 0.3) is 0 Å². The highest BCUT2D eigenvalue weighted by molar-refractivity contribution is 5.83. The summed E-state index contributed by atoms with van der Waals surface area (Å²) >= 11 is 0. The van der Waals surface area contributed by atoms with Gasteiger partial charge in [-0.2, -0.15) is 0 Å². The highest BCUT2D eigenvalue weighted by atomic mass is 19.1. The molecule has 15 heavy (non-hydrogen) atoms. The maximum Gasteiger partial charge on any atom is 0.117 e. The van der Waals surface area contributed by atoms with Crippen molar-refractivity contribution >= 4 is 10.9 Å². The number of hydrogen-bond acceptors (Lipinski definition) is 1. The van der Waals surface area contributed by atoms with Gasteiger partial charge in [-0.15, -0.1) is 0 Å². The molecule has 1 heterocycles. The first-order valence-corrected chi connectivity index (χ1v) is 5.15. The van der Waals surface area contributed by atoms with E-state index in [0.29, 0.717) is 13.0 Å². The molecule has 0 spiro atoms. The Balaban J connectivity index is 2.21. The van der Waals surface area contributed by atoms with E-state index in [2.05, 4.69) is 10.3 Å². The molecule has 2 rings (SSSR count). The molecule has 0 aliphatic heterocycles. The zero-order chi connectivity index (χ0) is 10.7. The largest absolute Gasteiger partial charge is 0.361 e. The molecule has 0 aliphatic rings. The van der Waals surface area contributed by atoms with Gasteiger partial charge in [0.1, 0.15) is 6.17 Å². The lowest BCUT2D eigenvalue weighted by Gasteiger charge is -2.05. The first-order valence-electron chi connectivity index (χ1n) is 5.15. The number of rotatable bonds is 4. The van der Waals surface area contributed by atoms with Gasteiger partial charge in [-0.3, -0.25) is 0 Å². The molecular formula is C12H15FN2. The van der Waals surface area contributed by atoms with Crippen molar-refractivity contribution in [1.82, 2.24) is 10.3 Å². The van der Waals surface area contributed by atoms with E-state index in [1.54, 1.807) is 7.05 Å². The minimum absolute atomic E-state index is 0.402. The molecule has 0 fully saturated rings. The van der Waals surface area contributed by atoms with Crippen molar-refractivity contribution in [2.75, 3.05) is 13.6 Å². The molecule has 0 aliphatic carbocycles. The molecule has 2 nitrogen and oxygen atoms in total. The summed E-state index contributed by atoms with van der Waals surface area (Å²) in [7, 11) is 1.77. The molecule has 1 aromatic carbocycles. The second-order valence-corrected chi connectivity index (χ2v) is 3.72. The molecule has 0 radical (unpaired) electrons. The van der Waals surface area contributed by atoms with Crippen LogP contribution in [0.5, 0.6) is 0 Å². The fourth-order valence-electron chi connectivity index (χ4n) is 1.83. The van der Waals surface area contributed by atoms with Crippen LogP contribution in [0.1, 0.15) is 5.56 Å². The summed E-state index contributed by atoms with van der Waals surface area (Å²) in [6.45, 7) is 0.402. The van der Waals surface area contributed by atoms with E-state index in [4.69, 9.17) is 0 Å². The molecule has 3 heteroatoms. The zero-order valence-electron chi connectivity index (χ0n) is 8.76. The van der Waals surface area contributed by atoms with Crippen molar-refractivity contribution in [2.24, 2.45) is 0 Å². The number of hydrogen-bond donors (Lipinski definition) is 2. The highest BCUT2D eigenvalue weighted by Crippen LogP contribution is 2.19. The van der Waals surface area contributed by atoms with Gasteiger partial charge in [0.05, 0.1) is 0 Å². The number of nitrogens with one attached hydrogen (secondary N) is 2. The van der Waals surface area contributed by atoms with E-state index in [9.17, 15) is 4.39 Å². The van der Waals surface area contributed by atoms with Gasteiger partial charge in [-0.1, -0.05) is 18.2 Å². The summed E-state index contributed by atoms with van der Waals surface area (Å²) in [6, 6.07) is 7.98.